The van der Waals surface area contributed by atoms with Crippen LogP contribution in [-0.2, 0) is 16.0 Å². The summed E-state index contributed by atoms with van der Waals surface area (Å²) in [4.78, 5) is 19.1. The lowest BCUT2D eigenvalue weighted by molar-refractivity contribution is -0.124. The third-order valence-corrected chi connectivity index (χ3v) is 7.12. The summed E-state index contributed by atoms with van der Waals surface area (Å²) in [5, 5.41) is 8.74. The maximum absolute atomic E-state index is 12.4. The maximum Gasteiger partial charge on any atom is 0.234 e. The summed E-state index contributed by atoms with van der Waals surface area (Å²) in [5.41, 5.74) is 10.1. The summed E-state index contributed by atoms with van der Waals surface area (Å²) < 4.78 is 7.22. The maximum atomic E-state index is 12.4. The number of carbonyl (C=O) groups is 1. The molecule has 180 valence electrons. The van der Waals surface area contributed by atoms with E-state index in [2.05, 4.69) is 15.2 Å². The van der Waals surface area contributed by atoms with Gasteiger partial charge in [0.05, 0.1) is 37.3 Å². The molecule has 1 aliphatic carbocycles. The van der Waals surface area contributed by atoms with E-state index in [1.54, 1.807) is 0 Å². The smallest absolute Gasteiger partial charge is 0.234 e. The van der Waals surface area contributed by atoms with Gasteiger partial charge in [0.25, 0.3) is 0 Å². The van der Waals surface area contributed by atoms with Crippen LogP contribution in [0.1, 0.15) is 31.4 Å². The number of halogens is 1. The lowest BCUT2D eigenvalue weighted by Gasteiger charge is -2.37. The van der Waals surface area contributed by atoms with Crippen LogP contribution in [0.15, 0.2) is 42.6 Å². The van der Waals surface area contributed by atoms with Crippen LogP contribution in [0.2, 0.25) is 5.02 Å². The number of benzene rings is 1. The highest BCUT2D eigenvalue weighted by atomic mass is 35.5. The zero-order valence-corrected chi connectivity index (χ0v) is 20.0. The molecule has 5 rings (SSSR count). The normalized spacial score (nSPS) is 23.8. The highest BCUT2D eigenvalue weighted by molar-refractivity contribution is 6.30. The summed E-state index contributed by atoms with van der Waals surface area (Å²) in [7, 11) is 0. The van der Waals surface area contributed by atoms with Gasteiger partial charge < -0.3 is 15.8 Å². The van der Waals surface area contributed by atoms with Gasteiger partial charge in [-0.2, -0.15) is 5.10 Å². The van der Waals surface area contributed by atoms with Crippen LogP contribution in [0.4, 0.5) is 0 Å². The minimum absolute atomic E-state index is 0.0946. The van der Waals surface area contributed by atoms with E-state index in [4.69, 9.17) is 27.2 Å². The van der Waals surface area contributed by atoms with E-state index in [0.29, 0.717) is 31.2 Å². The Labute approximate surface area is 204 Å². The Kier molecular flexibility index (Phi) is 6.83. The molecule has 1 amide bonds. The largest absolute Gasteiger partial charge is 0.379 e. The summed E-state index contributed by atoms with van der Waals surface area (Å²) in [5.74, 6) is 0.0946. The van der Waals surface area contributed by atoms with Crippen molar-refractivity contribution in [2.24, 2.45) is 5.73 Å². The van der Waals surface area contributed by atoms with Crippen molar-refractivity contribution in [3.8, 4) is 11.3 Å². The molecule has 3 N–H and O–H groups in total. The lowest BCUT2D eigenvalue weighted by atomic mass is 9.77. The molecule has 2 aromatic heterocycles. The van der Waals surface area contributed by atoms with E-state index >= 15 is 0 Å². The van der Waals surface area contributed by atoms with E-state index in [1.807, 2.05) is 47.1 Å². The van der Waals surface area contributed by atoms with Crippen LogP contribution in [-0.4, -0.2) is 69.8 Å². The number of rotatable bonds is 6. The Bertz CT molecular complexity index is 1150. The average Bonchev–Trinajstić information content (AvgIpc) is 3.25. The first-order chi connectivity index (χ1) is 16.5. The van der Waals surface area contributed by atoms with Crippen molar-refractivity contribution in [3.05, 3.63) is 53.3 Å². The second-order valence-electron chi connectivity index (χ2n) is 9.52. The van der Waals surface area contributed by atoms with Gasteiger partial charge in [-0.15, -0.1) is 0 Å². The van der Waals surface area contributed by atoms with Crippen molar-refractivity contribution < 1.29 is 9.53 Å². The fourth-order valence-corrected chi connectivity index (χ4v) is 5.15. The van der Waals surface area contributed by atoms with Gasteiger partial charge in [-0.05, 0) is 49.9 Å². The standard InChI is InChI=1S/C25H31ClN6O2/c26-19-3-1-2-18(14-19)22-16-28-23-5-4-21(30-32(22)23)15-25(27)8-6-20(7-9-25)29-24(33)17-31-10-12-34-13-11-31/h1-5,14,16,20H,6-13,15,17,27H2,(H,29,33). The molecule has 34 heavy (non-hydrogen) atoms. The monoisotopic (exact) mass is 482 g/mol. The van der Waals surface area contributed by atoms with Gasteiger partial charge in [0.1, 0.15) is 0 Å². The van der Waals surface area contributed by atoms with Crippen molar-refractivity contribution >= 4 is 23.2 Å². The third kappa shape index (κ3) is 5.41. The lowest BCUT2D eigenvalue weighted by Crippen LogP contribution is -2.51. The molecule has 0 radical (unpaired) electrons. The fourth-order valence-electron chi connectivity index (χ4n) is 4.96. The van der Waals surface area contributed by atoms with Crippen LogP contribution in [0, 0.1) is 0 Å². The first-order valence-corrected chi connectivity index (χ1v) is 12.3. The number of ether oxygens (including phenoxy) is 1. The topological polar surface area (TPSA) is 97.8 Å². The van der Waals surface area contributed by atoms with E-state index in [0.717, 1.165) is 61.4 Å². The zero-order chi connectivity index (χ0) is 23.5. The van der Waals surface area contributed by atoms with Crippen LogP contribution in [0.3, 0.4) is 0 Å². The highest BCUT2D eigenvalue weighted by Gasteiger charge is 2.33. The highest BCUT2D eigenvalue weighted by Crippen LogP contribution is 2.30. The Morgan fingerprint density at radius 3 is 2.76 bits per heavy atom. The Hall–Kier alpha value is -2.52. The van der Waals surface area contributed by atoms with Crippen LogP contribution >= 0.6 is 11.6 Å². The molecule has 2 aliphatic rings. The molecule has 1 aromatic carbocycles. The summed E-state index contributed by atoms with van der Waals surface area (Å²) in [6.07, 6.45) is 5.96. The Morgan fingerprint density at radius 1 is 1.21 bits per heavy atom. The molecule has 1 saturated carbocycles. The molecule has 0 atom stereocenters. The van der Waals surface area contributed by atoms with Crippen LogP contribution in [0.5, 0.6) is 0 Å². The number of amides is 1. The van der Waals surface area contributed by atoms with Gasteiger partial charge in [-0.25, -0.2) is 9.50 Å². The molecule has 1 saturated heterocycles. The van der Waals surface area contributed by atoms with Gasteiger partial charge in [0.2, 0.25) is 5.91 Å². The molecule has 0 unspecified atom stereocenters. The molecule has 2 fully saturated rings. The SMILES string of the molecule is NC1(Cc2ccc3ncc(-c4cccc(Cl)c4)n3n2)CCC(NC(=O)CN2CCOCC2)CC1. The van der Waals surface area contributed by atoms with Gasteiger partial charge >= 0.3 is 0 Å². The predicted molar refractivity (Wildman–Crippen MR) is 132 cm³/mol. The Morgan fingerprint density at radius 2 is 2.00 bits per heavy atom. The quantitative estimate of drug-likeness (QED) is 0.560. The summed E-state index contributed by atoms with van der Waals surface area (Å²) in [6, 6.07) is 11.9. The second kappa shape index (κ2) is 10.00. The number of hydrogen-bond acceptors (Lipinski definition) is 6. The van der Waals surface area contributed by atoms with Crippen LogP contribution in [0.25, 0.3) is 16.9 Å². The molecular weight excluding hydrogens is 452 g/mol. The number of imidazole rings is 1. The van der Waals surface area contributed by atoms with Gasteiger partial charge in [0.15, 0.2) is 5.65 Å². The number of morpholine rings is 1. The number of nitrogens with one attached hydrogen (secondary N) is 1. The first-order valence-electron chi connectivity index (χ1n) is 12.0. The predicted octanol–water partition coefficient (Wildman–Crippen LogP) is 2.68. The molecular formula is C25H31ClN6O2. The summed E-state index contributed by atoms with van der Waals surface area (Å²) >= 11 is 6.18. The summed E-state index contributed by atoms with van der Waals surface area (Å²) in [6.45, 7) is 3.48. The van der Waals surface area contributed by atoms with E-state index < -0.39 is 0 Å². The molecule has 3 heterocycles. The number of hydrogen-bond donors (Lipinski definition) is 2. The second-order valence-corrected chi connectivity index (χ2v) is 9.95. The average molecular weight is 483 g/mol. The van der Waals surface area contributed by atoms with Crippen molar-refractivity contribution in [1.29, 1.82) is 0 Å². The van der Waals surface area contributed by atoms with Crippen molar-refractivity contribution in [3.63, 3.8) is 0 Å². The molecule has 0 spiro atoms. The number of carbonyl (C=O) groups excluding carboxylic acids is 1. The molecule has 0 bridgehead atoms. The molecule has 3 aromatic rings. The van der Waals surface area contributed by atoms with Gasteiger partial charge in [0, 0.05) is 41.7 Å². The first kappa shape index (κ1) is 23.2. The number of nitrogens with zero attached hydrogens (tertiary/aromatic N) is 4. The minimum atomic E-state index is -0.330. The van der Waals surface area contributed by atoms with E-state index in [9.17, 15) is 4.79 Å². The van der Waals surface area contributed by atoms with Crippen molar-refractivity contribution in [1.82, 2.24) is 24.8 Å². The van der Waals surface area contributed by atoms with Crippen LogP contribution < -0.4 is 11.1 Å². The van der Waals surface area contributed by atoms with Gasteiger partial charge in [-0.1, -0.05) is 23.7 Å². The van der Waals surface area contributed by atoms with Gasteiger partial charge in [-0.3, -0.25) is 9.69 Å². The van der Waals surface area contributed by atoms with Crippen molar-refractivity contribution in [2.45, 2.75) is 43.7 Å². The molecule has 8 nitrogen and oxygen atoms in total. The molecule has 9 heteroatoms. The Balaban J connectivity index is 1.20. The third-order valence-electron chi connectivity index (χ3n) is 6.89. The van der Waals surface area contributed by atoms with E-state index in [-0.39, 0.29) is 17.5 Å². The van der Waals surface area contributed by atoms with Crippen molar-refractivity contribution in [2.75, 3.05) is 32.8 Å². The zero-order valence-electron chi connectivity index (χ0n) is 19.3. The minimum Gasteiger partial charge on any atom is -0.379 e. The molecule has 1 aliphatic heterocycles. The van der Waals surface area contributed by atoms with E-state index in [1.165, 1.54) is 0 Å². The number of nitrogens with two attached hydrogens (primary N) is 1. The number of fused-ring (bicyclic) bond motifs is 1. The number of aromatic nitrogens is 3. The fraction of sp³-hybridized carbons (Fsp3) is 0.480.